The minimum atomic E-state index is -1.11. The van der Waals surface area contributed by atoms with Crippen molar-refractivity contribution >= 4 is 17.3 Å². The monoisotopic (exact) mass is 300 g/mol. The second-order valence-electron chi connectivity index (χ2n) is 4.64. The van der Waals surface area contributed by atoms with Crippen LogP contribution >= 0.6 is 11.3 Å². The first-order valence-corrected chi connectivity index (χ1v) is 7.13. The minimum Gasteiger partial charge on any atom is -0.476 e. The lowest BCUT2D eigenvalue weighted by Gasteiger charge is -2.04. The Morgan fingerprint density at radius 3 is 2.52 bits per heavy atom. The van der Waals surface area contributed by atoms with Crippen molar-refractivity contribution in [2.45, 2.75) is 13.8 Å². The Labute approximate surface area is 124 Å². The molecular formula is C14H12N4O2S. The van der Waals surface area contributed by atoms with Crippen LogP contribution in [0.2, 0.25) is 0 Å². The molecule has 6 nitrogen and oxygen atoms in total. The zero-order valence-corrected chi connectivity index (χ0v) is 12.3. The van der Waals surface area contributed by atoms with Gasteiger partial charge < -0.3 is 5.11 Å². The number of carbonyl (C=O) groups is 1. The van der Waals surface area contributed by atoms with Gasteiger partial charge in [0.05, 0.1) is 5.69 Å². The average molecular weight is 300 g/mol. The SMILES string of the molecule is Cc1ccc(-c2c(C(=O)O)nnn2-c2nc(C)cs2)cc1. The highest BCUT2D eigenvalue weighted by Crippen LogP contribution is 2.27. The zero-order chi connectivity index (χ0) is 15.0. The molecule has 7 heteroatoms. The highest BCUT2D eigenvalue weighted by Gasteiger charge is 2.22. The molecule has 0 spiro atoms. The van der Waals surface area contributed by atoms with Crippen LogP contribution in [0.5, 0.6) is 0 Å². The number of aryl methyl sites for hydroxylation is 2. The third kappa shape index (κ3) is 2.43. The lowest BCUT2D eigenvalue weighted by molar-refractivity contribution is 0.0691. The molecule has 3 aromatic rings. The summed E-state index contributed by atoms with van der Waals surface area (Å²) in [7, 11) is 0. The van der Waals surface area contributed by atoms with E-state index in [9.17, 15) is 9.90 Å². The smallest absolute Gasteiger partial charge is 0.358 e. The van der Waals surface area contributed by atoms with E-state index in [4.69, 9.17) is 0 Å². The molecule has 0 aliphatic rings. The number of carboxylic acid groups (broad SMARTS) is 1. The van der Waals surface area contributed by atoms with E-state index in [0.717, 1.165) is 16.8 Å². The first-order valence-electron chi connectivity index (χ1n) is 6.25. The van der Waals surface area contributed by atoms with Gasteiger partial charge in [-0.3, -0.25) is 0 Å². The van der Waals surface area contributed by atoms with Crippen LogP contribution in [0.15, 0.2) is 29.6 Å². The summed E-state index contributed by atoms with van der Waals surface area (Å²) < 4.78 is 1.48. The Hall–Kier alpha value is -2.54. The van der Waals surface area contributed by atoms with E-state index in [1.165, 1.54) is 16.0 Å². The minimum absolute atomic E-state index is 0.0771. The molecule has 0 saturated heterocycles. The molecule has 0 atom stereocenters. The van der Waals surface area contributed by atoms with Crippen LogP contribution in [0.4, 0.5) is 0 Å². The number of hydrogen-bond acceptors (Lipinski definition) is 5. The molecule has 0 unspecified atom stereocenters. The summed E-state index contributed by atoms with van der Waals surface area (Å²) in [4.78, 5) is 15.7. The second-order valence-corrected chi connectivity index (χ2v) is 5.48. The maximum Gasteiger partial charge on any atom is 0.358 e. The largest absolute Gasteiger partial charge is 0.476 e. The van der Waals surface area contributed by atoms with Crippen molar-refractivity contribution in [1.82, 2.24) is 20.0 Å². The molecule has 2 heterocycles. The van der Waals surface area contributed by atoms with Gasteiger partial charge >= 0.3 is 5.97 Å². The third-order valence-electron chi connectivity index (χ3n) is 2.99. The Kier molecular flexibility index (Phi) is 3.26. The van der Waals surface area contributed by atoms with Gasteiger partial charge in [0.1, 0.15) is 5.69 Å². The van der Waals surface area contributed by atoms with E-state index in [-0.39, 0.29) is 5.69 Å². The van der Waals surface area contributed by atoms with Crippen molar-refractivity contribution in [3.63, 3.8) is 0 Å². The highest BCUT2D eigenvalue weighted by atomic mass is 32.1. The van der Waals surface area contributed by atoms with Crippen molar-refractivity contribution < 1.29 is 9.90 Å². The Morgan fingerprint density at radius 2 is 1.95 bits per heavy atom. The molecule has 1 N–H and O–H groups in total. The molecule has 3 rings (SSSR count). The van der Waals surface area contributed by atoms with Gasteiger partial charge in [-0.2, -0.15) is 4.68 Å². The Morgan fingerprint density at radius 1 is 1.24 bits per heavy atom. The molecule has 1 aromatic carbocycles. The van der Waals surface area contributed by atoms with Crippen LogP contribution in [0.3, 0.4) is 0 Å². The molecule has 2 aromatic heterocycles. The second kappa shape index (κ2) is 5.10. The molecule has 0 bridgehead atoms. The summed E-state index contributed by atoms with van der Waals surface area (Å²) in [5.41, 5.74) is 3.07. The summed E-state index contributed by atoms with van der Waals surface area (Å²) in [6.07, 6.45) is 0. The van der Waals surface area contributed by atoms with Crippen molar-refractivity contribution in [1.29, 1.82) is 0 Å². The first-order chi connectivity index (χ1) is 10.1. The Bertz CT molecular complexity index is 805. The molecule has 0 amide bonds. The molecule has 0 saturated carbocycles. The van der Waals surface area contributed by atoms with Gasteiger partial charge in [0.15, 0.2) is 5.69 Å². The topological polar surface area (TPSA) is 80.9 Å². The van der Waals surface area contributed by atoms with Crippen molar-refractivity contribution in [3.8, 4) is 16.4 Å². The summed E-state index contributed by atoms with van der Waals surface area (Å²) >= 11 is 1.40. The maximum atomic E-state index is 11.4. The lowest BCUT2D eigenvalue weighted by atomic mass is 10.1. The number of aromatic carboxylic acids is 1. The van der Waals surface area contributed by atoms with Crippen molar-refractivity contribution in [3.05, 3.63) is 46.6 Å². The van der Waals surface area contributed by atoms with Gasteiger partial charge in [-0.1, -0.05) is 35.0 Å². The van der Waals surface area contributed by atoms with Crippen LogP contribution in [0.25, 0.3) is 16.4 Å². The number of hydrogen-bond donors (Lipinski definition) is 1. The van der Waals surface area contributed by atoms with Gasteiger partial charge in [-0.25, -0.2) is 9.78 Å². The van der Waals surface area contributed by atoms with Crippen LogP contribution in [0, 0.1) is 13.8 Å². The molecular weight excluding hydrogens is 288 g/mol. The molecule has 0 aliphatic carbocycles. The molecule has 0 radical (unpaired) electrons. The van der Waals surface area contributed by atoms with E-state index < -0.39 is 5.97 Å². The van der Waals surface area contributed by atoms with Gasteiger partial charge in [0.2, 0.25) is 5.13 Å². The van der Waals surface area contributed by atoms with E-state index in [1.54, 1.807) is 0 Å². The van der Waals surface area contributed by atoms with Gasteiger partial charge in [-0.15, -0.1) is 16.4 Å². The van der Waals surface area contributed by atoms with E-state index in [0.29, 0.717) is 10.8 Å². The number of benzene rings is 1. The van der Waals surface area contributed by atoms with Crippen molar-refractivity contribution in [2.75, 3.05) is 0 Å². The fourth-order valence-corrected chi connectivity index (χ4v) is 2.72. The fourth-order valence-electron chi connectivity index (χ4n) is 1.97. The van der Waals surface area contributed by atoms with Crippen molar-refractivity contribution in [2.24, 2.45) is 0 Å². The summed E-state index contributed by atoms with van der Waals surface area (Å²) in [5.74, 6) is -1.11. The van der Waals surface area contributed by atoms with E-state index in [1.807, 2.05) is 43.5 Å². The molecule has 0 fully saturated rings. The summed E-state index contributed by atoms with van der Waals surface area (Å²) in [6.45, 7) is 3.85. The number of rotatable bonds is 3. The van der Waals surface area contributed by atoms with E-state index in [2.05, 4.69) is 15.3 Å². The van der Waals surface area contributed by atoms with Crippen LogP contribution in [-0.4, -0.2) is 31.1 Å². The fraction of sp³-hybridized carbons (Fsp3) is 0.143. The standard InChI is InChI=1S/C14H12N4O2S/c1-8-3-5-10(6-4-8)12-11(13(19)20)16-17-18(12)14-15-9(2)7-21-14/h3-7H,1-2H3,(H,19,20). The van der Waals surface area contributed by atoms with Crippen LogP contribution in [-0.2, 0) is 0 Å². The predicted octanol–water partition coefficient (Wildman–Crippen LogP) is 2.71. The van der Waals surface area contributed by atoms with E-state index >= 15 is 0 Å². The van der Waals surface area contributed by atoms with Crippen LogP contribution in [0.1, 0.15) is 21.7 Å². The lowest BCUT2D eigenvalue weighted by Crippen LogP contribution is -2.03. The predicted molar refractivity (Wildman–Crippen MR) is 78.9 cm³/mol. The normalized spacial score (nSPS) is 10.8. The number of aromatic nitrogens is 4. The number of carboxylic acids is 1. The van der Waals surface area contributed by atoms with Gasteiger partial charge in [0.25, 0.3) is 0 Å². The number of nitrogens with zero attached hydrogens (tertiary/aromatic N) is 4. The van der Waals surface area contributed by atoms with Gasteiger partial charge in [0, 0.05) is 10.9 Å². The first kappa shape index (κ1) is 13.4. The molecule has 0 aliphatic heterocycles. The Balaban J connectivity index is 2.22. The highest BCUT2D eigenvalue weighted by molar-refractivity contribution is 7.12. The number of thiazole rings is 1. The van der Waals surface area contributed by atoms with Gasteiger partial charge in [-0.05, 0) is 13.8 Å². The average Bonchev–Trinajstić information content (AvgIpc) is 3.05. The third-order valence-corrected chi connectivity index (χ3v) is 3.92. The summed E-state index contributed by atoms with van der Waals surface area (Å²) in [6, 6.07) is 7.56. The summed E-state index contributed by atoms with van der Waals surface area (Å²) in [5, 5.41) is 19.5. The maximum absolute atomic E-state index is 11.4. The zero-order valence-electron chi connectivity index (χ0n) is 11.4. The quantitative estimate of drug-likeness (QED) is 0.804. The molecule has 106 valence electrons. The van der Waals surface area contributed by atoms with Crippen LogP contribution < -0.4 is 0 Å². The molecule has 21 heavy (non-hydrogen) atoms.